The number of hydrogen-bond acceptors (Lipinski definition) is 2. The molecule has 0 spiro atoms. The quantitative estimate of drug-likeness (QED) is 0.835. The second-order valence-electron chi connectivity index (χ2n) is 4.94. The van der Waals surface area contributed by atoms with Crippen LogP contribution in [0, 0.1) is 0 Å². The Morgan fingerprint density at radius 3 is 2.83 bits per heavy atom. The third-order valence-electron chi connectivity index (χ3n) is 3.72. The molecule has 0 bridgehead atoms. The second kappa shape index (κ2) is 5.19. The van der Waals surface area contributed by atoms with E-state index < -0.39 is 0 Å². The van der Waals surface area contributed by atoms with Gasteiger partial charge in [0.25, 0.3) is 5.91 Å². The molecule has 1 aromatic carbocycles. The van der Waals surface area contributed by atoms with Crippen molar-refractivity contribution in [3.05, 3.63) is 28.8 Å². The molecule has 0 radical (unpaired) electrons. The zero-order chi connectivity index (χ0) is 13.3. The predicted molar refractivity (Wildman–Crippen MR) is 74.8 cm³/mol. The van der Waals surface area contributed by atoms with E-state index in [0.717, 1.165) is 19.3 Å². The molecule has 98 valence electrons. The van der Waals surface area contributed by atoms with E-state index in [1.165, 1.54) is 0 Å². The van der Waals surface area contributed by atoms with E-state index in [1.54, 1.807) is 18.2 Å². The highest BCUT2D eigenvalue weighted by molar-refractivity contribution is 6.34. The third kappa shape index (κ3) is 2.32. The fourth-order valence-corrected chi connectivity index (χ4v) is 2.95. The predicted octanol–water partition coefficient (Wildman–Crippen LogP) is 3.33. The van der Waals surface area contributed by atoms with E-state index >= 15 is 0 Å². The first-order valence-corrected chi connectivity index (χ1v) is 6.80. The number of nitrogens with two attached hydrogens (primary N) is 1. The van der Waals surface area contributed by atoms with Crippen molar-refractivity contribution >= 4 is 23.2 Å². The van der Waals surface area contributed by atoms with Crippen LogP contribution in [-0.2, 0) is 0 Å². The highest BCUT2D eigenvalue weighted by atomic mass is 35.5. The maximum absolute atomic E-state index is 12.6. The first-order valence-electron chi connectivity index (χ1n) is 6.42. The molecule has 2 rings (SSSR count). The van der Waals surface area contributed by atoms with Crippen LogP contribution in [0.2, 0.25) is 5.02 Å². The Kier molecular flexibility index (Phi) is 3.81. The van der Waals surface area contributed by atoms with Crippen LogP contribution in [0.3, 0.4) is 0 Å². The Morgan fingerprint density at radius 2 is 2.22 bits per heavy atom. The van der Waals surface area contributed by atoms with Crippen LogP contribution in [0.25, 0.3) is 0 Å². The maximum Gasteiger partial charge on any atom is 0.255 e. The molecular weight excluding hydrogens is 248 g/mol. The van der Waals surface area contributed by atoms with Crippen LogP contribution < -0.4 is 5.73 Å². The van der Waals surface area contributed by atoms with Gasteiger partial charge in [-0.05, 0) is 44.4 Å². The number of benzene rings is 1. The van der Waals surface area contributed by atoms with Crippen LogP contribution in [0.4, 0.5) is 5.69 Å². The molecule has 1 saturated heterocycles. The minimum Gasteiger partial charge on any atom is -0.399 e. The van der Waals surface area contributed by atoms with Crippen molar-refractivity contribution in [2.75, 3.05) is 5.73 Å². The Hall–Kier alpha value is -1.22. The summed E-state index contributed by atoms with van der Waals surface area (Å²) >= 11 is 6.11. The zero-order valence-electron chi connectivity index (χ0n) is 10.8. The van der Waals surface area contributed by atoms with E-state index in [4.69, 9.17) is 17.3 Å². The summed E-state index contributed by atoms with van der Waals surface area (Å²) in [4.78, 5) is 14.5. The van der Waals surface area contributed by atoms with Gasteiger partial charge in [-0.1, -0.05) is 18.5 Å². The Balaban J connectivity index is 2.30. The molecule has 3 nitrogen and oxygen atoms in total. The van der Waals surface area contributed by atoms with Crippen molar-refractivity contribution in [2.45, 2.75) is 45.2 Å². The van der Waals surface area contributed by atoms with Crippen molar-refractivity contribution in [1.29, 1.82) is 0 Å². The van der Waals surface area contributed by atoms with E-state index in [-0.39, 0.29) is 11.9 Å². The summed E-state index contributed by atoms with van der Waals surface area (Å²) in [7, 11) is 0. The molecule has 0 aliphatic carbocycles. The molecule has 2 atom stereocenters. The lowest BCUT2D eigenvalue weighted by Crippen LogP contribution is -2.39. The number of hydrogen-bond donors (Lipinski definition) is 1. The van der Waals surface area contributed by atoms with Gasteiger partial charge in [-0.3, -0.25) is 4.79 Å². The van der Waals surface area contributed by atoms with Gasteiger partial charge in [-0.15, -0.1) is 0 Å². The Bertz CT molecular complexity index is 461. The minimum atomic E-state index is 0.0249. The number of carbonyl (C=O) groups is 1. The average Bonchev–Trinajstić information content (AvgIpc) is 2.69. The SMILES string of the molecule is CCC1CCC(C)N1C(=O)c1ccc(N)cc1Cl. The molecule has 1 fully saturated rings. The van der Waals surface area contributed by atoms with Crippen molar-refractivity contribution < 1.29 is 4.79 Å². The fraction of sp³-hybridized carbons (Fsp3) is 0.500. The van der Waals surface area contributed by atoms with Crippen LogP contribution in [0.15, 0.2) is 18.2 Å². The van der Waals surface area contributed by atoms with Gasteiger partial charge in [0.2, 0.25) is 0 Å². The summed E-state index contributed by atoms with van der Waals surface area (Å²) in [5.74, 6) is 0.0249. The molecule has 2 unspecified atom stereocenters. The number of carbonyl (C=O) groups excluding carboxylic acids is 1. The molecule has 4 heteroatoms. The van der Waals surface area contributed by atoms with Crippen LogP contribution >= 0.6 is 11.6 Å². The second-order valence-corrected chi connectivity index (χ2v) is 5.35. The largest absolute Gasteiger partial charge is 0.399 e. The zero-order valence-corrected chi connectivity index (χ0v) is 11.6. The Morgan fingerprint density at radius 1 is 1.50 bits per heavy atom. The van der Waals surface area contributed by atoms with E-state index in [0.29, 0.717) is 22.3 Å². The highest BCUT2D eigenvalue weighted by Crippen LogP contribution is 2.30. The lowest BCUT2D eigenvalue weighted by molar-refractivity contribution is 0.0676. The summed E-state index contributed by atoms with van der Waals surface area (Å²) in [5, 5.41) is 0.439. The molecule has 1 amide bonds. The van der Waals surface area contributed by atoms with Crippen LogP contribution in [-0.4, -0.2) is 22.9 Å². The monoisotopic (exact) mass is 266 g/mol. The summed E-state index contributed by atoms with van der Waals surface area (Å²) in [6.07, 6.45) is 3.13. The van der Waals surface area contributed by atoms with E-state index in [9.17, 15) is 4.79 Å². The van der Waals surface area contributed by atoms with Crippen molar-refractivity contribution in [3.8, 4) is 0 Å². The summed E-state index contributed by atoms with van der Waals surface area (Å²) in [6.45, 7) is 4.21. The van der Waals surface area contributed by atoms with Crippen LogP contribution in [0.1, 0.15) is 43.5 Å². The first kappa shape index (κ1) is 13.2. The number of halogens is 1. The first-order chi connectivity index (χ1) is 8.54. The van der Waals surface area contributed by atoms with E-state index in [1.807, 2.05) is 4.90 Å². The molecular formula is C14H19ClN2O. The van der Waals surface area contributed by atoms with E-state index in [2.05, 4.69) is 13.8 Å². The van der Waals surface area contributed by atoms with Gasteiger partial charge in [0.15, 0.2) is 0 Å². The van der Waals surface area contributed by atoms with Crippen LogP contribution in [0.5, 0.6) is 0 Å². The number of likely N-dealkylation sites (tertiary alicyclic amines) is 1. The van der Waals surface area contributed by atoms with Crippen molar-refractivity contribution in [2.24, 2.45) is 0 Å². The van der Waals surface area contributed by atoms with Gasteiger partial charge in [-0.2, -0.15) is 0 Å². The fourth-order valence-electron chi connectivity index (χ4n) is 2.68. The summed E-state index contributed by atoms with van der Waals surface area (Å²) in [6, 6.07) is 5.70. The molecule has 2 N–H and O–H groups in total. The van der Waals surface area contributed by atoms with Gasteiger partial charge >= 0.3 is 0 Å². The van der Waals surface area contributed by atoms with Crippen molar-refractivity contribution in [1.82, 2.24) is 4.90 Å². The minimum absolute atomic E-state index is 0.0249. The van der Waals surface area contributed by atoms with Crippen molar-refractivity contribution in [3.63, 3.8) is 0 Å². The maximum atomic E-state index is 12.6. The molecule has 18 heavy (non-hydrogen) atoms. The van der Waals surface area contributed by atoms with Gasteiger partial charge in [0.05, 0.1) is 10.6 Å². The molecule has 0 aromatic heterocycles. The smallest absolute Gasteiger partial charge is 0.255 e. The normalized spacial score (nSPS) is 23.4. The number of amides is 1. The highest BCUT2D eigenvalue weighted by Gasteiger charge is 2.34. The lowest BCUT2D eigenvalue weighted by Gasteiger charge is -2.28. The summed E-state index contributed by atoms with van der Waals surface area (Å²) < 4.78 is 0. The number of rotatable bonds is 2. The molecule has 1 aliphatic heterocycles. The summed E-state index contributed by atoms with van der Waals surface area (Å²) in [5.41, 5.74) is 6.79. The number of nitrogens with zero attached hydrogens (tertiary/aromatic N) is 1. The average molecular weight is 267 g/mol. The molecule has 1 aromatic rings. The molecule has 0 saturated carbocycles. The lowest BCUT2D eigenvalue weighted by atomic mass is 10.1. The van der Waals surface area contributed by atoms with Gasteiger partial charge < -0.3 is 10.6 Å². The number of anilines is 1. The Labute approximate surface area is 113 Å². The number of nitrogen functional groups attached to an aromatic ring is 1. The third-order valence-corrected chi connectivity index (χ3v) is 4.03. The molecule has 1 aliphatic rings. The molecule has 1 heterocycles. The van der Waals surface area contributed by atoms with Gasteiger partial charge in [0, 0.05) is 17.8 Å². The standard InChI is InChI=1S/C14H19ClN2O/c1-3-11-6-4-9(2)17(11)14(18)12-7-5-10(16)8-13(12)15/h5,7-9,11H,3-4,6,16H2,1-2H3. The topological polar surface area (TPSA) is 46.3 Å². The van der Waals surface area contributed by atoms with Gasteiger partial charge in [-0.25, -0.2) is 0 Å². The van der Waals surface area contributed by atoms with Gasteiger partial charge in [0.1, 0.15) is 0 Å².